The molecule has 0 bridgehead atoms. The van der Waals surface area contributed by atoms with E-state index in [2.05, 4.69) is 50.7 Å². The maximum atomic E-state index is 4.50. The van der Waals surface area contributed by atoms with Gasteiger partial charge in [-0.2, -0.15) is 5.10 Å². The topological polar surface area (TPSA) is 44.8 Å². The lowest BCUT2D eigenvalue weighted by Gasteiger charge is -2.13. The van der Waals surface area contributed by atoms with Crippen LogP contribution in [0.2, 0.25) is 0 Å². The first-order chi connectivity index (χ1) is 10.2. The molecule has 108 valence electrons. The van der Waals surface area contributed by atoms with Gasteiger partial charge in [-0.05, 0) is 20.0 Å². The first kappa shape index (κ1) is 14.0. The maximum absolute atomic E-state index is 4.50. The Morgan fingerprint density at radius 3 is 2.71 bits per heavy atom. The number of H-pyrrole nitrogens is 1. The number of aromatic nitrogens is 3. The predicted octanol–water partition coefficient (Wildman–Crippen LogP) is 3.47. The normalized spacial score (nSPS) is 11.2. The Kier molecular flexibility index (Phi) is 4.13. The van der Waals surface area contributed by atoms with Gasteiger partial charge in [0, 0.05) is 29.7 Å². The van der Waals surface area contributed by atoms with Gasteiger partial charge < -0.3 is 0 Å². The maximum Gasteiger partial charge on any atom is 0.0924 e. The van der Waals surface area contributed by atoms with Gasteiger partial charge in [0.05, 0.1) is 16.4 Å². The molecular weight excluding hydrogens is 280 g/mol. The summed E-state index contributed by atoms with van der Waals surface area (Å²) >= 11 is 1.70. The van der Waals surface area contributed by atoms with Gasteiger partial charge in [0.2, 0.25) is 0 Å². The molecule has 0 fully saturated rings. The summed E-state index contributed by atoms with van der Waals surface area (Å²) in [6.07, 6.45) is 0. The first-order valence-corrected chi connectivity index (χ1v) is 7.78. The van der Waals surface area contributed by atoms with Crippen molar-refractivity contribution in [3.8, 4) is 11.3 Å². The van der Waals surface area contributed by atoms with Crippen molar-refractivity contribution in [3.05, 3.63) is 58.2 Å². The summed E-state index contributed by atoms with van der Waals surface area (Å²) in [6, 6.07) is 12.3. The zero-order chi connectivity index (χ0) is 14.7. The van der Waals surface area contributed by atoms with Gasteiger partial charge in [0.25, 0.3) is 0 Å². The van der Waals surface area contributed by atoms with Crippen LogP contribution in [0.15, 0.2) is 41.8 Å². The number of nitrogens with zero attached hydrogens (tertiary/aromatic N) is 3. The number of aryl methyl sites for hydroxylation is 1. The summed E-state index contributed by atoms with van der Waals surface area (Å²) in [7, 11) is 2.09. The molecule has 0 aliphatic carbocycles. The third kappa shape index (κ3) is 3.56. The van der Waals surface area contributed by atoms with Crippen molar-refractivity contribution in [1.29, 1.82) is 0 Å². The van der Waals surface area contributed by atoms with Gasteiger partial charge in [-0.15, -0.1) is 11.3 Å². The number of thiazole rings is 1. The molecule has 0 unspecified atom stereocenters. The first-order valence-electron chi connectivity index (χ1n) is 6.90. The van der Waals surface area contributed by atoms with Gasteiger partial charge in [-0.3, -0.25) is 10.00 Å². The number of aromatic amines is 1. The fraction of sp³-hybridized carbons (Fsp3) is 0.250. The second-order valence-electron chi connectivity index (χ2n) is 5.17. The van der Waals surface area contributed by atoms with E-state index in [9.17, 15) is 0 Å². The minimum Gasteiger partial charge on any atom is -0.295 e. The molecular formula is C16H18N4S. The molecule has 2 heterocycles. The minimum atomic E-state index is 0.830. The zero-order valence-corrected chi connectivity index (χ0v) is 13.0. The quantitative estimate of drug-likeness (QED) is 0.784. The zero-order valence-electron chi connectivity index (χ0n) is 12.2. The lowest BCUT2D eigenvalue weighted by molar-refractivity contribution is 0.311. The number of nitrogens with one attached hydrogen (secondary N) is 1. The Morgan fingerprint density at radius 1 is 1.19 bits per heavy atom. The molecule has 5 heteroatoms. The SMILES string of the molecule is Cc1nc(CN(C)Cc2cc(-c3ccccc3)n[nH]2)cs1. The van der Waals surface area contributed by atoms with Crippen LogP contribution in [0.1, 0.15) is 16.4 Å². The summed E-state index contributed by atoms with van der Waals surface area (Å²) in [6.45, 7) is 3.72. The van der Waals surface area contributed by atoms with Crippen LogP contribution in [0, 0.1) is 6.92 Å². The van der Waals surface area contributed by atoms with Crippen LogP contribution in [-0.4, -0.2) is 27.1 Å². The Hall–Kier alpha value is -1.98. The number of rotatable bonds is 5. The van der Waals surface area contributed by atoms with Crippen molar-refractivity contribution in [3.63, 3.8) is 0 Å². The van der Waals surface area contributed by atoms with E-state index in [4.69, 9.17) is 0 Å². The third-order valence-electron chi connectivity index (χ3n) is 3.24. The van der Waals surface area contributed by atoms with Gasteiger partial charge in [-0.1, -0.05) is 30.3 Å². The van der Waals surface area contributed by atoms with Crippen LogP contribution in [0.3, 0.4) is 0 Å². The van der Waals surface area contributed by atoms with Gasteiger partial charge in [-0.25, -0.2) is 4.98 Å². The molecule has 0 amide bonds. The van der Waals surface area contributed by atoms with E-state index in [-0.39, 0.29) is 0 Å². The van der Waals surface area contributed by atoms with Gasteiger partial charge in [0.1, 0.15) is 0 Å². The summed E-state index contributed by atoms with van der Waals surface area (Å²) in [5.74, 6) is 0. The lowest BCUT2D eigenvalue weighted by atomic mass is 10.1. The summed E-state index contributed by atoms with van der Waals surface area (Å²) < 4.78 is 0. The van der Waals surface area contributed by atoms with Crippen LogP contribution in [0.4, 0.5) is 0 Å². The number of benzene rings is 1. The highest BCUT2D eigenvalue weighted by atomic mass is 32.1. The van der Waals surface area contributed by atoms with E-state index >= 15 is 0 Å². The summed E-state index contributed by atoms with van der Waals surface area (Å²) in [5.41, 5.74) is 4.37. The minimum absolute atomic E-state index is 0.830. The molecule has 21 heavy (non-hydrogen) atoms. The van der Waals surface area contributed by atoms with Crippen molar-refractivity contribution in [2.24, 2.45) is 0 Å². The summed E-state index contributed by atoms with van der Waals surface area (Å²) in [5, 5.41) is 10.7. The van der Waals surface area contributed by atoms with Crippen molar-refractivity contribution in [1.82, 2.24) is 20.1 Å². The average molecular weight is 298 g/mol. The molecule has 1 aromatic carbocycles. The average Bonchev–Trinajstić information content (AvgIpc) is 3.09. The molecule has 0 aliphatic heterocycles. The van der Waals surface area contributed by atoms with E-state index in [0.717, 1.165) is 40.7 Å². The summed E-state index contributed by atoms with van der Waals surface area (Å²) in [4.78, 5) is 6.73. The highest BCUT2D eigenvalue weighted by molar-refractivity contribution is 7.09. The predicted molar refractivity (Wildman–Crippen MR) is 86.0 cm³/mol. The molecule has 3 rings (SSSR count). The molecule has 1 N–H and O–H groups in total. The van der Waals surface area contributed by atoms with Crippen molar-refractivity contribution in [2.45, 2.75) is 20.0 Å². The van der Waals surface area contributed by atoms with Crippen molar-refractivity contribution in [2.75, 3.05) is 7.05 Å². The fourth-order valence-electron chi connectivity index (χ4n) is 2.30. The van der Waals surface area contributed by atoms with Gasteiger partial charge >= 0.3 is 0 Å². The Bertz CT molecular complexity index is 702. The molecule has 0 saturated heterocycles. The highest BCUT2D eigenvalue weighted by Crippen LogP contribution is 2.18. The molecule has 0 spiro atoms. The highest BCUT2D eigenvalue weighted by Gasteiger charge is 2.08. The van der Waals surface area contributed by atoms with Crippen LogP contribution in [0.5, 0.6) is 0 Å². The van der Waals surface area contributed by atoms with Crippen molar-refractivity contribution < 1.29 is 0 Å². The number of hydrogen-bond donors (Lipinski definition) is 1. The lowest BCUT2D eigenvalue weighted by Crippen LogP contribution is -2.17. The monoisotopic (exact) mass is 298 g/mol. The smallest absolute Gasteiger partial charge is 0.0924 e. The molecule has 0 atom stereocenters. The van der Waals surface area contributed by atoms with E-state index in [1.807, 2.05) is 25.1 Å². The van der Waals surface area contributed by atoms with E-state index < -0.39 is 0 Å². The third-order valence-corrected chi connectivity index (χ3v) is 4.06. The van der Waals surface area contributed by atoms with E-state index in [1.165, 1.54) is 0 Å². The second-order valence-corrected chi connectivity index (χ2v) is 6.24. The van der Waals surface area contributed by atoms with E-state index in [1.54, 1.807) is 11.3 Å². The van der Waals surface area contributed by atoms with Crippen LogP contribution in [-0.2, 0) is 13.1 Å². The van der Waals surface area contributed by atoms with Crippen LogP contribution in [0.25, 0.3) is 11.3 Å². The van der Waals surface area contributed by atoms with Crippen LogP contribution < -0.4 is 0 Å². The standard InChI is InChI=1S/C16H18N4S/c1-12-17-15(11-21-12)10-20(2)9-14-8-16(19-18-14)13-6-4-3-5-7-13/h3-8,11H,9-10H2,1-2H3,(H,18,19). The second kappa shape index (κ2) is 6.20. The largest absolute Gasteiger partial charge is 0.295 e. The Balaban J connectivity index is 1.64. The Labute approximate surface area is 128 Å². The molecule has 3 aromatic rings. The van der Waals surface area contributed by atoms with Crippen molar-refractivity contribution >= 4 is 11.3 Å². The molecule has 0 radical (unpaired) electrons. The molecule has 0 saturated carbocycles. The molecule has 0 aliphatic rings. The molecule has 2 aromatic heterocycles. The van der Waals surface area contributed by atoms with Crippen LogP contribution >= 0.6 is 11.3 Å². The number of hydrogen-bond acceptors (Lipinski definition) is 4. The fourth-order valence-corrected chi connectivity index (χ4v) is 2.91. The van der Waals surface area contributed by atoms with Gasteiger partial charge in [0.15, 0.2) is 0 Å². The molecule has 4 nitrogen and oxygen atoms in total. The Morgan fingerprint density at radius 2 is 2.00 bits per heavy atom. The van der Waals surface area contributed by atoms with E-state index in [0.29, 0.717) is 0 Å².